The van der Waals surface area contributed by atoms with E-state index in [0.717, 1.165) is 28.2 Å². The lowest BCUT2D eigenvalue weighted by Gasteiger charge is -2.21. The molecule has 0 bridgehead atoms. The summed E-state index contributed by atoms with van der Waals surface area (Å²) < 4.78 is 11.7. The van der Waals surface area contributed by atoms with Gasteiger partial charge in [0.05, 0.1) is 12.8 Å². The molecule has 2 rings (SSSR count). The minimum Gasteiger partial charge on any atom is -0.493 e. The summed E-state index contributed by atoms with van der Waals surface area (Å²) in [6, 6.07) is 3.88. The third-order valence-corrected chi connectivity index (χ3v) is 2.36. The highest BCUT2D eigenvalue weighted by Gasteiger charge is 2.15. The molecule has 4 heteroatoms. The average Bonchev–Trinajstić information content (AvgIpc) is 2.16. The fraction of sp³-hybridized carbons (Fsp3) is 0.333. The van der Waals surface area contributed by atoms with Crippen LogP contribution in [0.1, 0.15) is 0 Å². The first-order valence-corrected chi connectivity index (χ1v) is 4.85. The van der Waals surface area contributed by atoms with Gasteiger partial charge in [0, 0.05) is 11.0 Å². The highest BCUT2D eigenvalue weighted by Crippen LogP contribution is 2.39. The van der Waals surface area contributed by atoms with Crippen LogP contribution in [0.5, 0.6) is 11.5 Å². The number of hydrogen-bond donors (Lipinski definition) is 1. The Balaban J connectivity index is 2.50. The minimum absolute atomic E-state index is 0.686. The number of benzene rings is 1. The Bertz CT molecular complexity index is 310. The van der Waals surface area contributed by atoms with E-state index in [1.54, 1.807) is 7.11 Å². The van der Waals surface area contributed by atoms with E-state index >= 15 is 0 Å². The van der Waals surface area contributed by atoms with Gasteiger partial charge < -0.3 is 14.8 Å². The summed E-state index contributed by atoms with van der Waals surface area (Å²) in [6.07, 6.45) is 0. The molecule has 0 amide bonds. The molecule has 0 saturated heterocycles. The van der Waals surface area contributed by atoms with Crippen molar-refractivity contribution in [2.45, 2.75) is 0 Å². The fourth-order valence-corrected chi connectivity index (χ4v) is 1.78. The molecule has 0 fully saturated rings. The Hall–Kier alpha value is -0.900. The maximum absolute atomic E-state index is 5.49. The Labute approximate surface area is 85.2 Å². The SMILES string of the molecule is COc1cc(Br)cc2c1OCCN2. The zero-order valence-electron chi connectivity index (χ0n) is 7.26. The first-order chi connectivity index (χ1) is 6.31. The summed E-state index contributed by atoms with van der Waals surface area (Å²) in [4.78, 5) is 0. The van der Waals surface area contributed by atoms with Crippen LogP contribution in [0.25, 0.3) is 0 Å². The van der Waals surface area contributed by atoms with Gasteiger partial charge in [-0.15, -0.1) is 0 Å². The molecule has 0 radical (unpaired) electrons. The van der Waals surface area contributed by atoms with Crippen LogP contribution >= 0.6 is 15.9 Å². The minimum atomic E-state index is 0.686. The highest BCUT2D eigenvalue weighted by molar-refractivity contribution is 9.10. The number of nitrogens with one attached hydrogen (secondary N) is 1. The monoisotopic (exact) mass is 243 g/mol. The van der Waals surface area contributed by atoms with Crippen molar-refractivity contribution in [3.05, 3.63) is 16.6 Å². The first-order valence-electron chi connectivity index (χ1n) is 4.05. The molecule has 0 saturated carbocycles. The number of anilines is 1. The molecular formula is C9H10BrNO2. The topological polar surface area (TPSA) is 30.5 Å². The maximum Gasteiger partial charge on any atom is 0.184 e. The van der Waals surface area contributed by atoms with Crippen molar-refractivity contribution in [2.24, 2.45) is 0 Å². The number of fused-ring (bicyclic) bond motifs is 1. The third-order valence-electron chi connectivity index (χ3n) is 1.90. The van der Waals surface area contributed by atoms with Gasteiger partial charge in [0.15, 0.2) is 11.5 Å². The normalized spacial score (nSPS) is 14.0. The molecule has 1 heterocycles. The quantitative estimate of drug-likeness (QED) is 0.821. The molecule has 0 spiro atoms. The zero-order chi connectivity index (χ0) is 9.26. The molecule has 1 aromatic carbocycles. The number of hydrogen-bond acceptors (Lipinski definition) is 3. The summed E-state index contributed by atoms with van der Waals surface area (Å²) in [7, 11) is 1.64. The molecule has 70 valence electrons. The van der Waals surface area contributed by atoms with Crippen molar-refractivity contribution in [1.82, 2.24) is 0 Å². The largest absolute Gasteiger partial charge is 0.493 e. The van der Waals surface area contributed by atoms with E-state index in [0.29, 0.717) is 6.61 Å². The van der Waals surface area contributed by atoms with Crippen LogP contribution in [0.15, 0.2) is 16.6 Å². The molecule has 0 aromatic heterocycles. The van der Waals surface area contributed by atoms with Crippen LogP contribution in [0, 0.1) is 0 Å². The molecule has 0 atom stereocenters. The molecule has 0 unspecified atom stereocenters. The van der Waals surface area contributed by atoms with Crippen LogP contribution in [0.4, 0.5) is 5.69 Å². The van der Waals surface area contributed by atoms with Gasteiger partial charge >= 0.3 is 0 Å². The second-order valence-electron chi connectivity index (χ2n) is 2.76. The molecule has 1 aliphatic rings. The van der Waals surface area contributed by atoms with Crippen molar-refractivity contribution < 1.29 is 9.47 Å². The number of halogens is 1. The van der Waals surface area contributed by atoms with Gasteiger partial charge in [-0.05, 0) is 12.1 Å². The van der Waals surface area contributed by atoms with Gasteiger partial charge in [0.1, 0.15) is 6.61 Å². The van der Waals surface area contributed by atoms with E-state index in [9.17, 15) is 0 Å². The van der Waals surface area contributed by atoms with E-state index in [2.05, 4.69) is 21.2 Å². The lowest BCUT2D eigenvalue weighted by atomic mass is 10.2. The van der Waals surface area contributed by atoms with Gasteiger partial charge in [-0.3, -0.25) is 0 Å². The van der Waals surface area contributed by atoms with E-state index in [4.69, 9.17) is 9.47 Å². The van der Waals surface area contributed by atoms with Gasteiger partial charge in [-0.1, -0.05) is 15.9 Å². The predicted octanol–water partition coefficient (Wildman–Crippen LogP) is 2.26. The zero-order valence-corrected chi connectivity index (χ0v) is 8.85. The van der Waals surface area contributed by atoms with Gasteiger partial charge in [-0.25, -0.2) is 0 Å². The van der Waals surface area contributed by atoms with Gasteiger partial charge in [0.25, 0.3) is 0 Å². The van der Waals surface area contributed by atoms with E-state index in [1.165, 1.54) is 0 Å². The van der Waals surface area contributed by atoms with E-state index < -0.39 is 0 Å². The van der Waals surface area contributed by atoms with Crippen LogP contribution < -0.4 is 14.8 Å². The maximum atomic E-state index is 5.49. The lowest BCUT2D eigenvalue weighted by molar-refractivity contribution is 0.298. The second-order valence-corrected chi connectivity index (χ2v) is 3.68. The smallest absolute Gasteiger partial charge is 0.184 e. The van der Waals surface area contributed by atoms with Crippen molar-refractivity contribution in [2.75, 3.05) is 25.6 Å². The molecule has 0 aliphatic carbocycles. The average molecular weight is 244 g/mol. The second kappa shape index (κ2) is 3.46. The summed E-state index contributed by atoms with van der Waals surface area (Å²) in [5.74, 6) is 1.56. The van der Waals surface area contributed by atoms with Crippen molar-refractivity contribution >= 4 is 21.6 Å². The molecule has 13 heavy (non-hydrogen) atoms. The predicted molar refractivity (Wildman–Crippen MR) is 54.7 cm³/mol. The standard InChI is InChI=1S/C9H10BrNO2/c1-12-8-5-6(10)4-7-9(8)13-3-2-11-7/h4-5,11H,2-3H2,1H3. The van der Waals surface area contributed by atoms with E-state index in [1.807, 2.05) is 12.1 Å². The van der Waals surface area contributed by atoms with Gasteiger partial charge in [0.2, 0.25) is 0 Å². The van der Waals surface area contributed by atoms with Crippen molar-refractivity contribution in [3.63, 3.8) is 0 Å². The Kier molecular flexibility index (Phi) is 2.31. The van der Waals surface area contributed by atoms with Crippen LogP contribution in [0.2, 0.25) is 0 Å². The summed E-state index contributed by atoms with van der Waals surface area (Å²) in [5, 5.41) is 3.24. The van der Waals surface area contributed by atoms with E-state index in [-0.39, 0.29) is 0 Å². The molecule has 3 nitrogen and oxygen atoms in total. The lowest BCUT2D eigenvalue weighted by Crippen LogP contribution is -2.18. The summed E-state index contributed by atoms with van der Waals surface area (Å²) in [5.41, 5.74) is 0.984. The van der Waals surface area contributed by atoms with Crippen LogP contribution in [0.3, 0.4) is 0 Å². The Morgan fingerprint density at radius 2 is 2.38 bits per heavy atom. The van der Waals surface area contributed by atoms with Crippen molar-refractivity contribution in [1.29, 1.82) is 0 Å². The molecule has 1 N–H and O–H groups in total. The number of rotatable bonds is 1. The fourth-order valence-electron chi connectivity index (χ4n) is 1.34. The van der Waals surface area contributed by atoms with Crippen molar-refractivity contribution in [3.8, 4) is 11.5 Å². The highest BCUT2D eigenvalue weighted by atomic mass is 79.9. The molecule has 1 aliphatic heterocycles. The van der Waals surface area contributed by atoms with Gasteiger partial charge in [-0.2, -0.15) is 0 Å². The van der Waals surface area contributed by atoms with Crippen LogP contribution in [-0.4, -0.2) is 20.3 Å². The molecule has 1 aromatic rings. The first kappa shape index (κ1) is 8.69. The summed E-state index contributed by atoms with van der Waals surface area (Å²) >= 11 is 3.41. The Morgan fingerprint density at radius 3 is 3.15 bits per heavy atom. The van der Waals surface area contributed by atoms with Crippen LogP contribution in [-0.2, 0) is 0 Å². The third kappa shape index (κ3) is 1.58. The number of ether oxygens (including phenoxy) is 2. The molecular weight excluding hydrogens is 234 g/mol. The number of methoxy groups -OCH3 is 1. The summed E-state index contributed by atoms with van der Waals surface area (Å²) in [6.45, 7) is 1.53. The Morgan fingerprint density at radius 1 is 1.54 bits per heavy atom.